The van der Waals surface area contributed by atoms with Gasteiger partial charge in [-0.15, -0.1) is 0 Å². The zero-order valence-electron chi connectivity index (χ0n) is 12.2. The number of carbonyl (C=O) groups excluding carboxylic acids is 1. The Morgan fingerprint density at radius 3 is 2.67 bits per heavy atom. The number of esters is 1. The third-order valence-corrected chi connectivity index (χ3v) is 5.08. The number of nitrogens with zero attached hydrogens (tertiary/aromatic N) is 1. The van der Waals surface area contributed by atoms with Crippen LogP contribution in [0, 0.1) is 0 Å². The van der Waals surface area contributed by atoms with Gasteiger partial charge in [0.25, 0.3) is 0 Å². The molecule has 2 aliphatic heterocycles. The zero-order valence-corrected chi connectivity index (χ0v) is 12.2. The number of carbonyl (C=O) groups is 1. The molecule has 0 radical (unpaired) electrons. The summed E-state index contributed by atoms with van der Waals surface area (Å²) in [6.07, 6.45) is 4.49. The summed E-state index contributed by atoms with van der Waals surface area (Å²) in [6.45, 7) is 0. The zero-order chi connectivity index (χ0) is 14.4. The van der Waals surface area contributed by atoms with E-state index < -0.39 is 0 Å². The molecule has 1 aromatic carbocycles. The lowest BCUT2D eigenvalue weighted by molar-refractivity contribution is -0.000899. The quantitative estimate of drug-likeness (QED) is 0.862. The van der Waals surface area contributed by atoms with E-state index in [1.165, 1.54) is 12.8 Å². The largest absolute Gasteiger partial charge is 0.458 e. The molecule has 0 amide bonds. The summed E-state index contributed by atoms with van der Waals surface area (Å²) in [6, 6.07) is 11.0. The number of aromatic nitrogens is 1. The van der Waals surface area contributed by atoms with E-state index in [1.807, 2.05) is 30.3 Å². The van der Waals surface area contributed by atoms with Gasteiger partial charge in [-0.25, -0.2) is 4.79 Å². The molecule has 1 unspecified atom stereocenters. The average Bonchev–Trinajstić information content (AvgIpc) is 2.98. The molecule has 2 bridgehead atoms. The Bertz CT molecular complexity index is 631. The fourth-order valence-electron chi connectivity index (χ4n) is 3.86. The van der Waals surface area contributed by atoms with E-state index in [1.54, 1.807) is 0 Å². The predicted molar refractivity (Wildman–Crippen MR) is 81.3 cm³/mol. The van der Waals surface area contributed by atoms with Crippen molar-refractivity contribution in [1.82, 2.24) is 9.88 Å². The van der Waals surface area contributed by atoms with Crippen LogP contribution >= 0.6 is 0 Å². The van der Waals surface area contributed by atoms with Crippen LogP contribution in [0.4, 0.5) is 0 Å². The number of nitrogens with one attached hydrogen (secondary N) is 1. The van der Waals surface area contributed by atoms with E-state index in [2.05, 4.69) is 16.9 Å². The van der Waals surface area contributed by atoms with Gasteiger partial charge in [0.2, 0.25) is 0 Å². The minimum atomic E-state index is -0.222. The van der Waals surface area contributed by atoms with Crippen molar-refractivity contribution in [1.29, 1.82) is 0 Å². The summed E-state index contributed by atoms with van der Waals surface area (Å²) < 4.78 is 5.74. The van der Waals surface area contributed by atoms with Crippen molar-refractivity contribution in [3.63, 3.8) is 0 Å². The second kappa shape index (κ2) is 4.88. The number of ether oxygens (including phenoxy) is 1. The second-order valence-electron chi connectivity index (χ2n) is 6.32. The Kier molecular flexibility index (Phi) is 3.00. The molecule has 4 rings (SSSR count). The van der Waals surface area contributed by atoms with Crippen LogP contribution in [0.3, 0.4) is 0 Å². The molecule has 2 fully saturated rings. The molecule has 4 heteroatoms. The minimum Gasteiger partial charge on any atom is -0.458 e. The first-order chi connectivity index (χ1) is 10.2. The highest BCUT2D eigenvalue weighted by Crippen LogP contribution is 2.35. The molecule has 1 aromatic heterocycles. The van der Waals surface area contributed by atoms with Crippen molar-refractivity contribution >= 4 is 16.9 Å². The van der Waals surface area contributed by atoms with Gasteiger partial charge in [-0.05, 0) is 32.0 Å². The van der Waals surface area contributed by atoms with Gasteiger partial charge in [-0.1, -0.05) is 18.2 Å². The summed E-state index contributed by atoms with van der Waals surface area (Å²) in [7, 11) is 2.19. The molecule has 21 heavy (non-hydrogen) atoms. The van der Waals surface area contributed by atoms with E-state index in [4.69, 9.17) is 4.74 Å². The monoisotopic (exact) mass is 284 g/mol. The highest BCUT2D eigenvalue weighted by Gasteiger charge is 2.39. The smallest absolute Gasteiger partial charge is 0.355 e. The average molecular weight is 284 g/mol. The van der Waals surface area contributed by atoms with Gasteiger partial charge in [0.15, 0.2) is 0 Å². The van der Waals surface area contributed by atoms with Crippen LogP contribution in [-0.2, 0) is 4.74 Å². The molecule has 0 aliphatic carbocycles. The summed E-state index contributed by atoms with van der Waals surface area (Å²) in [4.78, 5) is 17.9. The van der Waals surface area contributed by atoms with Crippen LogP contribution in [0.1, 0.15) is 36.2 Å². The number of H-pyrrole nitrogens is 1. The lowest BCUT2D eigenvalue weighted by atomic mass is 10.0. The number of piperidine rings is 1. The fraction of sp³-hybridized carbons (Fsp3) is 0.471. The highest BCUT2D eigenvalue weighted by molar-refractivity contribution is 5.94. The van der Waals surface area contributed by atoms with Crippen molar-refractivity contribution in [2.24, 2.45) is 0 Å². The van der Waals surface area contributed by atoms with Crippen LogP contribution < -0.4 is 0 Å². The first kappa shape index (κ1) is 12.9. The number of aromatic amines is 1. The van der Waals surface area contributed by atoms with Gasteiger partial charge in [0.05, 0.1) is 0 Å². The normalized spacial score (nSPS) is 28.9. The number of benzene rings is 1. The molecule has 0 spiro atoms. The number of hydrogen-bond acceptors (Lipinski definition) is 3. The standard InChI is InChI=1S/C17H20N2O2/c1-19-12-6-7-13(19)10-14(9-12)21-17(20)16-8-11-4-2-3-5-15(11)18-16/h2-5,8,12-14,18H,6-7,9-10H2,1H3/t12-,13+,14?. The first-order valence-corrected chi connectivity index (χ1v) is 7.71. The number of hydrogen-bond donors (Lipinski definition) is 1. The summed E-state index contributed by atoms with van der Waals surface area (Å²) >= 11 is 0. The fourth-order valence-corrected chi connectivity index (χ4v) is 3.86. The molecular weight excluding hydrogens is 264 g/mol. The molecular formula is C17H20N2O2. The third kappa shape index (κ3) is 2.23. The highest BCUT2D eigenvalue weighted by atomic mass is 16.5. The van der Waals surface area contributed by atoms with E-state index >= 15 is 0 Å². The van der Waals surface area contributed by atoms with Gasteiger partial charge < -0.3 is 14.6 Å². The predicted octanol–water partition coefficient (Wildman–Crippen LogP) is 2.95. The van der Waals surface area contributed by atoms with Gasteiger partial charge in [0.1, 0.15) is 11.8 Å². The number of fused-ring (bicyclic) bond motifs is 3. The molecule has 3 atom stereocenters. The maximum Gasteiger partial charge on any atom is 0.355 e. The Balaban J connectivity index is 1.48. The molecule has 2 saturated heterocycles. The Morgan fingerprint density at radius 1 is 1.24 bits per heavy atom. The van der Waals surface area contributed by atoms with Crippen LogP contribution in [-0.4, -0.2) is 41.1 Å². The number of rotatable bonds is 2. The Morgan fingerprint density at radius 2 is 1.95 bits per heavy atom. The van der Waals surface area contributed by atoms with Crippen molar-refractivity contribution in [2.75, 3.05) is 7.05 Å². The SMILES string of the molecule is CN1[C@@H]2CC[C@H]1CC(OC(=O)c1cc3ccccc3[nH]1)C2. The van der Waals surface area contributed by atoms with E-state index in [-0.39, 0.29) is 12.1 Å². The molecule has 0 saturated carbocycles. The van der Waals surface area contributed by atoms with Gasteiger partial charge in [0, 0.05) is 35.8 Å². The van der Waals surface area contributed by atoms with Crippen LogP contribution in [0.25, 0.3) is 10.9 Å². The molecule has 110 valence electrons. The van der Waals surface area contributed by atoms with Gasteiger partial charge >= 0.3 is 5.97 Å². The Labute approximate surface area is 124 Å². The third-order valence-electron chi connectivity index (χ3n) is 5.08. The van der Waals surface area contributed by atoms with Crippen molar-refractivity contribution in [3.8, 4) is 0 Å². The molecule has 1 N–H and O–H groups in total. The summed E-state index contributed by atoms with van der Waals surface area (Å²) in [5.41, 5.74) is 1.54. The van der Waals surface area contributed by atoms with Gasteiger partial charge in [-0.3, -0.25) is 0 Å². The summed E-state index contributed by atoms with van der Waals surface area (Å²) in [5, 5.41) is 1.05. The minimum absolute atomic E-state index is 0.0672. The first-order valence-electron chi connectivity index (χ1n) is 7.71. The maximum absolute atomic E-state index is 12.3. The van der Waals surface area contributed by atoms with Gasteiger partial charge in [-0.2, -0.15) is 0 Å². The lowest BCUT2D eigenvalue weighted by Crippen LogP contribution is -2.43. The lowest BCUT2D eigenvalue weighted by Gasteiger charge is -2.35. The van der Waals surface area contributed by atoms with E-state index in [0.717, 1.165) is 23.7 Å². The van der Waals surface area contributed by atoms with Crippen LogP contribution in [0.2, 0.25) is 0 Å². The van der Waals surface area contributed by atoms with Crippen molar-refractivity contribution in [2.45, 2.75) is 43.9 Å². The summed E-state index contributed by atoms with van der Waals surface area (Å²) in [5.74, 6) is -0.222. The molecule has 2 aliphatic rings. The molecule has 4 nitrogen and oxygen atoms in total. The molecule has 2 aromatic rings. The number of para-hydroxylation sites is 1. The topological polar surface area (TPSA) is 45.3 Å². The maximum atomic E-state index is 12.3. The second-order valence-corrected chi connectivity index (χ2v) is 6.32. The Hall–Kier alpha value is -1.81. The van der Waals surface area contributed by atoms with Crippen molar-refractivity contribution < 1.29 is 9.53 Å². The van der Waals surface area contributed by atoms with Crippen molar-refractivity contribution in [3.05, 3.63) is 36.0 Å². The molecule has 3 heterocycles. The van der Waals surface area contributed by atoms with Crippen LogP contribution in [0.15, 0.2) is 30.3 Å². The van der Waals surface area contributed by atoms with E-state index in [9.17, 15) is 4.79 Å². The van der Waals surface area contributed by atoms with E-state index in [0.29, 0.717) is 17.8 Å². The van der Waals surface area contributed by atoms with Crippen LogP contribution in [0.5, 0.6) is 0 Å².